The van der Waals surface area contributed by atoms with E-state index in [1.54, 1.807) is 28.6 Å². The zero-order valence-corrected chi connectivity index (χ0v) is 15.1. The van der Waals surface area contributed by atoms with Crippen molar-refractivity contribution in [2.75, 3.05) is 4.31 Å². The van der Waals surface area contributed by atoms with Crippen molar-refractivity contribution in [3.63, 3.8) is 0 Å². The van der Waals surface area contributed by atoms with Crippen LogP contribution in [0.4, 0.5) is 5.69 Å². The molecule has 1 saturated carbocycles. The van der Waals surface area contributed by atoms with Gasteiger partial charge in [-0.1, -0.05) is 47.0 Å². The number of nitrogens with zero attached hydrogens (tertiary/aromatic N) is 1. The first-order valence-electron chi connectivity index (χ1n) is 7.98. The zero-order valence-electron chi connectivity index (χ0n) is 12.7. The van der Waals surface area contributed by atoms with E-state index in [0.29, 0.717) is 10.8 Å². The molecule has 2 aromatic carbocycles. The van der Waals surface area contributed by atoms with E-state index in [4.69, 9.17) is 0 Å². The van der Waals surface area contributed by atoms with Crippen LogP contribution in [0, 0.1) is 0 Å². The molecule has 120 valence electrons. The number of benzene rings is 2. The maximum absolute atomic E-state index is 13.3. The van der Waals surface area contributed by atoms with Crippen LogP contribution in [-0.4, -0.2) is 14.5 Å². The molecule has 0 saturated heterocycles. The average Bonchev–Trinajstić information content (AvgIpc) is 2.90. The molecule has 4 rings (SSSR count). The lowest BCUT2D eigenvalue weighted by Crippen LogP contribution is -2.40. The van der Waals surface area contributed by atoms with E-state index in [1.807, 2.05) is 18.2 Å². The Kier molecular flexibility index (Phi) is 3.73. The van der Waals surface area contributed by atoms with Gasteiger partial charge >= 0.3 is 0 Å². The molecule has 1 fully saturated rings. The van der Waals surface area contributed by atoms with Gasteiger partial charge in [-0.15, -0.1) is 0 Å². The van der Waals surface area contributed by atoms with Gasteiger partial charge in [0.25, 0.3) is 10.0 Å². The largest absolute Gasteiger partial charge is 0.264 e. The summed E-state index contributed by atoms with van der Waals surface area (Å²) in [6.45, 7) is 0. The lowest BCUT2D eigenvalue weighted by molar-refractivity contribution is 0.404. The highest BCUT2D eigenvalue weighted by Gasteiger charge is 2.45. The van der Waals surface area contributed by atoms with Gasteiger partial charge in [-0.05, 0) is 48.7 Å². The van der Waals surface area contributed by atoms with E-state index in [0.717, 1.165) is 29.4 Å². The third kappa shape index (κ3) is 2.41. The highest BCUT2D eigenvalue weighted by atomic mass is 79.9. The quantitative estimate of drug-likeness (QED) is 0.744. The van der Waals surface area contributed by atoms with Gasteiger partial charge in [0, 0.05) is 10.4 Å². The Morgan fingerprint density at radius 1 is 0.957 bits per heavy atom. The Morgan fingerprint density at radius 2 is 1.65 bits per heavy atom. The number of halogens is 1. The maximum atomic E-state index is 13.3. The van der Waals surface area contributed by atoms with Crippen molar-refractivity contribution >= 4 is 31.6 Å². The van der Waals surface area contributed by atoms with Gasteiger partial charge in [0.2, 0.25) is 0 Å². The molecule has 1 heterocycles. The third-order valence-corrected chi connectivity index (χ3v) is 7.36. The van der Waals surface area contributed by atoms with Gasteiger partial charge in [0.1, 0.15) is 0 Å². The molecule has 0 unspecified atom stereocenters. The number of para-hydroxylation sites is 1. The fraction of sp³-hybridized carbons (Fsp3) is 0.333. The number of anilines is 1. The van der Waals surface area contributed by atoms with Gasteiger partial charge in [-0.25, -0.2) is 8.42 Å². The molecule has 2 atom stereocenters. The first-order valence-corrected chi connectivity index (χ1v) is 10.2. The van der Waals surface area contributed by atoms with Crippen LogP contribution in [0.25, 0.3) is 0 Å². The Bertz CT molecular complexity index is 832. The standard InChI is InChI=1S/C18H18BrNO2S/c19-13-9-11-14(12-10-13)23(21,22)20-17-7-3-1-5-15(17)16-6-2-4-8-18(16)20/h1,3,5,7,9-12,16,18H,2,4,6,8H2/t16-,18-/m1/s1. The first kappa shape index (κ1) is 15.2. The predicted octanol–water partition coefficient (Wildman–Crippen LogP) is 4.68. The average molecular weight is 392 g/mol. The highest BCUT2D eigenvalue weighted by Crippen LogP contribution is 2.49. The van der Waals surface area contributed by atoms with Crippen LogP contribution in [0.3, 0.4) is 0 Å². The molecule has 0 amide bonds. The maximum Gasteiger partial charge on any atom is 0.264 e. The lowest BCUT2D eigenvalue weighted by atomic mass is 9.83. The van der Waals surface area contributed by atoms with Crippen molar-refractivity contribution in [2.45, 2.75) is 42.5 Å². The monoisotopic (exact) mass is 391 g/mol. The summed E-state index contributed by atoms with van der Waals surface area (Å²) in [5, 5.41) is 0. The summed E-state index contributed by atoms with van der Waals surface area (Å²) in [6, 6.07) is 15.0. The Hall–Kier alpha value is -1.33. The van der Waals surface area contributed by atoms with Gasteiger partial charge < -0.3 is 0 Å². The minimum atomic E-state index is -3.53. The van der Waals surface area contributed by atoms with Crippen molar-refractivity contribution in [1.29, 1.82) is 0 Å². The molecule has 23 heavy (non-hydrogen) atoms. The van der Waals surface area contributed by atoms with Crippen LogP contribution in [0.15, 0.2) is 57.9 Å². The van der Waals surface area contributed by atoms with Crippen molar-refractivity contribution in [3.05, 3.63) is 58.6 Å². The van der Waals surface area contributed by atoms with Gasteiger partial charge in [0.15, 0.2) is 0 Å². The fourth-order valence-corrected chi connectivity index (χ4v) is 5.97. The summed E-state index contributed by atoms with van der Waals surface area (Å²) in [5.41, 5.74) is 2.06. The summed E-state index contributed by atoms with van der Waals surface area (Å²) in [7, 11) is -3.53. The molecular weight excluding hydrogens is 374 g/mol. The smallest absolute Gasteiger partial charge is 0.262 e. The summed E-state index contributed by atoms with van der Waals surface area (Å²) in [4.78, 5) is 0.363. The zero-order chi connectivity index (χ0) is 16.0. The first-order chi connectivity index (χ1) is 11.1. The minimum absolute atomic E-state index is 0.0646. The topological polar surface area (TPSA) is 37.4 Å². The number of rotatable bonds is 2. The van der Waals surface area contributed by atoms with Crippen LogP contribution in [-0.2, 0) is 10.0 Å². The Morgan fingerprint density at radius 3 is 2.43 bits per heavy atom. The van der Waals surface area contributed by atoms with Crippen LogP contribution < -0.4 is 4.31 Å². The number of hydrogen-bond acceptors (Lipinski definition) is 2. The van der Waals surface area contributed by atoms with E-state index in [1.165, 1.54) is 12.0 Å². The molecule has 2 aliphatic rings. The van der Waals surface area contributed by atoms with Crippen molar-refractivity contribution in [3.8, 4) is 0 Å². The molecule has 0 aromatic heterocycles. The van der Waals surface area contributed by atoms with Crippen LogP contribution in [0.5, 0.6) is 0 Å². The summed E-state index contributed by atoms with van der Waals surface area (Å²) in [6.07, 6.45) is 4.30. The number of hydrogen-bond donors (Lipinski definition) is 0. The molecule has 1 aliphatic heterocycles. The van der Waals surface area contributed by atoms with Gasteiger partial charge in [-0.2, -0.15) is 0 Å². The molecule has 5 heteroatoms. The van der Waals surface area contributed by atoms with Crippen LogP contribution in [0.2, 0.25) is 0 Å². The Labute approximate surface area is 145 Å². The van der Waals surface area contributed by atoms with Crippen LogP contribution in [0.1, 0.15) is 37.2 Å². The van der Waals surface area contributed by atoms with E-state index in [9.17, 15) is 8.42 Å². The third-order valence-electron chi connectivity index (χ3n) is 4.97. The normalized spacial score (nSPS) is 23.4. The lowest BCUT2D eigenvalue weighted by Gasteiger charge is -2.32. The summed E-state index contributed by atoms with van der Waals surface area (Å²) >= 11 is 3.37. The number of sulfonamides is 1. The van der Waals surface area contributed by atoms with Crippen molar-refractivity contribution in [2.24, 2.45) is 0 Å². The molecular formula is C18H18BrNO2S. The predicted molar refractivity (Wildman–Crippen MR) is 95.2 cm³/mol. The molecule has 0 N–H and O–H groups in total. The molecule has 0 spiro atoms. The van der Waals surface area contributed by atoms with Gasteiger partial charge in [0.05, 0.1) is 16.6 Å². The van der Waals surface area contributed by atoms with E-state index < -0.39 is 10.0 Å². The van der Waals surface area contributed by atoms with E-state index in [2.05, 4.69) is 22.0 Å². The molecule has 0 radical (unpaired) electrons. The number of fused-ring (bicyclic) bond motifs is 3. The SMILES string of the molecule is O=S(=O)(c1ccc(Br)cc1)N1c2ccccc2[C@H]2CCCC[C@H]21. The minimum Gasteiger partial charge on any atom is -0.262 e. The van der Waals surface area contributed by atoms with E-state index >= 15 is 0 Å². The van der Waals surface area contributed by atoms with Crippen molar-refractivity contribution < 1.29 is 8.42 Å². The second kappa shape index (κ2) is 5.64. The summed E-state index contributed by atoms with van der Waals surface area (Å²) in [5.74, 6) is 0.338. The molecule has 3 nitrogen and oxygen atoms in total. The fourth-order valence-electron chi connectivity index (χ4n) is 3.96. The molecule has 2 aromatic rings. The second-order valence-corrected chi connectivity index (χ2v) is 9.00. The molecule has 0 bridgehead atoms. The van der Waals surface area contributed by atoms with Crippen LogP contribution >= 0.6 is 15.9 Å². The van der Waals surface area contributed by atoms with Gasteiger partial charge in [-0.3, -0.25) is 4.31 Å². The Balaban J connectivity index is 1.85. The molecule has 1 aliphatic carbocycles. The summed E-state index contributed by atoms with van der Waals surface area (Å²) < 4.78 is 29.1. The van der Waals surface area contributed by atoms with Crippen molar-refractivity contribution in [1.82, 2.24) is 0 Å². The van der Waals surface area contributed by atoms with E-state index in [-0.39, 0.29) is 6.04 Å². The second-order valence-electron chi connectivity index (χ2n) is 6.27. The highest BCUT2D eigenvalue weighted by molar-refractivity contribution is 9.10.